The van der Waals surface area contributed by atoms with Crippen molar-refractivity contribution in [3.05, 3.63) is 40.4 Å². The van der Waals surface area contributed by atoms with Gasteiger partial charge in [-0.05, 0) is 33.3 Å². The molecule has 1 aromatic heterocycles. The fraction of sp³-hybridized carbons (Fsp3) is 0.389. The Hall–Kier alpha value is -2.21. The molecule has 0 aliphatic heterocycles. The molecule has 0 aliphatic rings. The van der Waals surface area contributed by atoms with Gasteiger partial charge in [0.15, 0.2) is 0 Å². The second-order valence-electron chi connectivity index (χ2n) is 5.63. The summed E-state index contributed by atoms with van der Waals surface area (Å²) in [7, 11) is 0. The SMILES string of the molecule is CCNC(=O)CN(CC)C(=O)c1csc(-c2ccc(C)cc2C)n1. The van der Waals surface area contributed by atoms with Gasteiger partial charge in [-0.25, -0.2) is 4.98 Å². The minimum atomic E-state index is -0.212. The van der Waals surface area contributed by atoms with E-state index in [1.165, 1.54) is 21.8 Å². The number of aryl methyl sites for hydroxylation is 2. The fourth-order valence-corrected chi connectivity index (χ4v) is 3.35. The molecule has 128 valence electrons. The molecule has 1 heterocycles. The lowest BCUT2D eigenvalue weighted by molar-refractivity contribution is -0.121. The summed E-state index contributed by atoms with van der Waals surface area (Å²) in [5, 5.41) is 5.30. The van der Waals surface area contributed by atoms with Crippen LogP contribution in [0, 0.1) is 13.8 Å². The minimum Gasteiger partial charge on any atom is -0.355 e. The maximum Gasteiger partial charge on any atom is 0.273 e. The number of benzene rings is 1. The molecular weight excluding hydrogens is 322 g/mol. The van der Waals surface area contributed by atoms with Gasteiger partial charge in [-0.1, -0.05) is 23.8 Å². The Labute approximate surface area is 146 Å². The number of thiazole rings is 1. The van der Waals surface area contributed by atoms with Crippen molar-refractivity contribution in [1.82, 2.24) is 15.2 Å². The lowest BCUT2D eigenvalue weighted by Gasteiger charge is -2.18. The van der Waals surface area contributed by atoms with Crippen LogP contribution in [-0.4, -0.2) is 41.3 Å². The third-order valence-electron chi connectivity index (χ3n) is 3.71. The zero-order valence-electron chi connectivity index (χ0n) is 14.5. The Bertz CT molecular complexity index is 740. The average molecular weight is 345 g/mol. The van der Waals surface area contributed by atoms with Gasteiger partial charge >= 0.3 is 0 Å². The third kappa shape index (κ3) is 4.20. The standard InChI is InChI=1S/C18H23N3O2S/c1-5-19-16(22)10-21(6-2)18(23)15-11-24-17(20-15)14-8-7-12(3)9-13(14)4/h7-9,11H,5-6,10H2,1-4H3,(H,19,22). The molecule has 1 aromatic carbocycles. The van der Waals surface area contributed by atoms with E-state index in [1.807, 2.05) is 39.8 Å². The topological polar surface area (TPSA) is 62.3 Å². The Morgan fingerprint density at radius 3 is 2.62 bits per heavy atom. The zero-order valence-corrected chi connectivity index (χ0v) is 15.4. The lowest BCUT2D eigenvalue weighted by atomic mass is 10.1. The number of hydrogen-bond acceptors (Lipinski definition) is 4. The number of carbonyl (C=O) groups is 2. The molecule has 24 heavy (non-hydrogen) atoms. The number of hydrogen-bond donors (Lipinski definition) is 1. The summed E-state index contributed by atoms with van der Waals surface area (Å²) >= 11 is 1.45. The van der Waals surface area contributed by atoms with Gasteiger partial charge in [-0.15, -0.1) is 11.3 Å². The van der Waals surface area contributed by atoms with Gasteiger partial charge in [0.1, 0.15) is 10.7 Å². The molecule has 0 saturated heterocycles. The van der Waals surface area contributed by atoms with E-state index >= 15 is 0 Å². The molecule has 0 radical (unpaired) electrons. The molecule has 5 nitrogen and oxygen atoms in total. The number of likely N-dealkylation sites (N-methyl/N-ethyl adjacent to an activating group) is 2. The van der Waals surface area contributed by atoms with Crippen LogP contribution in [0.5, 0.6) is 0 Å². The minimum absolute atomic E-state index is 0.0552. The normalized spacial score (nSPS) is 10.5. The second-order valence-corrected chi connectivity index (χ2v) is 6.49. The third-order valence-corrected chi connectivity index (χ3v) is 4.59. The number of nitrogens with zero attached hydrogens (tertiary/aromatic N) is 2. The first-order chi connectivity index (χ1) is 11.5. The van der Waals surface area contributed by atoms with Crippen LogP contribution in [0.15, 0.2) is 23.6 Å². The molecular formula is C18H23N3O2S. The highest BCUT2D eigenvalue weighted by Gasteiger charge is 2.20. The first-order valence-corrected chi connectivity index (χ1v) is 8.93. The molecule has 0 fully saturated rings. The molecule has 0 spiro atoms. The molecule has 2 aromatic rings. The van der Waals surface area contributed by atoms with E-state index in [2.05, 4.69) is 16.4 Å². The Kier molecular flexibility index (Phi) is 6.09. The first-order valence-electron chi connectivity index (χ1n) is 8.05. The summed E-state index contributed by atoms with van der Waals surface area (Å²) in [4.78, 5) is 30.3. The van der Waals surface area contributed by atoms with Crippen LogP contribution in [-0.2, 0) is 4.79 Å². The number of amides is 2. The van der Waals surface area contributed by atoms with Crippen molar-refractivity contribution < 1.29 is 9.59 Å². The van der Waals surface area contributed by atoms with E-state index in [-0.39, 0.29) is 18.4 Å². The molecule has 6 heteroatoms. The van der Waals surface area contributed by atoms with E-state index in [0.717, 1.165) is 16.1 Å². The van der Waals surface area contributed by atoms with Gasteiger partial charge in [0.25, 0.3) is 5.91 Å². The van der Waals surface area contributed by atoms with Gasteiger partial charge in [0.2, 0.25) is 5.91 Å². The molecule has 0 aliphatic carbocycles. The maximum atomic E-state index is 12.6. The van der Waals surface area contributed by atoms with E-state index in [9.17, 15) is 9.59 Å². The van der Waals surface area contributed by atoms with Crippen LogP contribution in [0.4, 0.5) is 0 Å². The number of carbonyl (C=O) groups excluding carboxylic acids is 2. The molecule has 0 atom stereocenters. The predicted molar refractivity (Wildman–Crippen MR) is 97.3 cm³/mol. The Morgan fingerprint density at radius 2 is 2.00 bits per heavy atom. The molecule has 1 N–H and O–H groups in total. The number of aromatic nitrogens is 1. The van der Waals surface area contributed by atoms with Crippen LogP contribution in [0.2, 0.25) is 0 Å². The summed E-state index contributed by atoms with van der Waals surface area (Å²) in [5.74, 6) is -0.367. The molecule has 2 rings (SSSR count). The largest absolute Gasteiger partial charge is 0.355 e. The van der Waals surface area contributed by atoms with E-state index in [0.29, 0.717) is 18.8 Å². The summed E-state index contributed by atoms with van der Waals surface area (Å²) < 4.78 is 0. The lowest BCUT2D eigenvalue weighted by Crippen LogP contribution is -2.40. The summed E-state index contributed by atoms with van der Waals surface area (Å²) in [6, 6.07) is 6.17. The monoisotopic (exact) mass is 345 g/mol. The van der Waals surface area contributed by atoms with Gasteiger partial charge in [0, 0.05) is 24.0 Å². The van der Waals surface area contributed by atoms with E-state index < -0.39 is 0 Å². The van der Waals surface area contributed by atoms with Crippen LogP contribution in [0.1, 0.15) is 35.5 Å². The maximum absolute atomic E-state index is 12.6. The highest BCUT2D eigenvalue weighted by atomic mass is 32.1. The van der Waals surface area contributed by atoms with Crippen LogP contribution < -0.4 is 5.32 Å². The van der Waals surface area contributed by atoms with Crippen molar-refractivity contribution in [1.29, 1.82) is 0 Å². The van der Waals surface area contributed by atoms with Crippen LogP contribution >= 0.6 is 11.3 Å². The number of nitrogens with one attached hydrogen (secondary N) is 1. The first kappa shape index (κ1) is 18.1. The van der Waals surface area contributed by atoms with Gasteiger partial charge in [0.05, 0.1) is 6.54 Å². The quantitative estimate of drug-likeness (QED) is 0.875. The van der Waals surface area contributed by atoms with Crippen molar-refractivity contribution in [3.8, 4) is 10.6 Å². The van der Waals surface area contributed by atoms with E-state index in [4.69, 9.17) is 0 Å². The Balaban J connectivity index is 2.19. The summed E-state index contributed by atoms with van der Waals surface area (Å²) in [6.07, 6.45) is 0. The molecule has 0 saturated carbocycles. The second kappa shape index (κ2) is 8.06. The van der Waals surface area contributed by atoms with Gasteiger partial charge in [-0.3, -0.25) is 9.59 Å². The van der Waals surface area contributed by atoms with Crippen molar-refractivity contribution in [2.45, 2.75) is 27.7 Å². The fourth-order valence-electron chi connectivity index (χ4n) is 2.46. The smallest absolute Gasteiger partial charge is 0.273 e. The van der Waals surface area contributed by atoms with Crippen LogP contribution in [0.3, 0.4) is 0 Å². The average Bonchev–Trinajstić information content (AvgIpc) is 3.02. The predicted octanol–water partition coefficient (Wildman–Crippen LogP) is 3.03. The van der Waals surface area contributed by atoms with Crippen LogP contribution in [0.25, 0.3) is 10.6 Å². The van der Waals surface area contributed by atoms with Gasteiger partial charge in [-0.2, -0.15) is 0 Å². The van der Waals surface area contributed by atoms with Crippen molar-refractivity contribution in [3.63, 3.8) is 0 Å². The van der Waals surface area contributed by atoms with Crippen molar-refractivity contribution >= 4 is 23.2 Å². The summed E-state index contributed by atoms with van der Waals surface area (Å²) in [6.45, 7) is 8.87. The molecule has 0 unspecified atom stereocenters. The Morgan fingerprint density at radius 1 is 1.25 bits per heavy atom. The summed E-state index contributed by atoms with van der Waals surface area (Å²) in [5.41, 5.74) is 3.76. The number of rotatable bonds is 6. The zero-order chi connectivity index (χ0) is 17.7. The molecule has 2 amide bonds. The molecule has 0 bridgehead atoms. The van der Waals surface area contributed by atoms with Gasteiger partial charge < -0.3 is 10.2 Å². The van der Waals surface area contributed by atoms with E-state index in [1.54, 1.807) is 5.38 Å². The highest BCUT2D eigenvalue weighted by molar-refractivity contribution is 7.13. The highest BCUT2D eigenvalue weighted by Crippen LogP contribution is 2.27. The van der Waals surface area contributed by atoms with Crippen molar-refractivity contribution in [2.75, 3.05) is 19.6 Å². The van der Waals surface area contributed by atoms with Crippen molar-refractivity contribution in [2.24, 2.45) is 0 Å².